The number of carbonyl (C=O) groups excluding carboxylic acids is 2. The van der Waals surface area contributed by atoms with Gasteiger partial charge >= 0.3 is 0 Å². The summed E-state index contributed by atoms with van der Waals surface area (Å²) in [7, 11) is -1.12. The molecule has 42 heavy (non-hydrogen) atoms. The van der Waals surface area contributed by atoms with Crippen molar-refractivity contribution in [3.05, 3.63) is 83.9 Å². The van der Waals surface area contributed by atoms with Gasteiger partial charge in [-0.2, -0.15) is 0 Å². The first kappa shape index (κ1) is 32.5. The molecule has 0 aliphatic rings. The van der Waals surface area contributed by atoms with Gasteiger partial charge in [0.2, 0.25) is 11.8 Å². The Kier molecular flexibility index (Phi) is 11.8. The molecule has 0 aromatic heterocycles. The SMILES string of the molecule is CCCCNC(=O)C(CC)N(Cc1cccc(OC)c1)C(=O)CN(c1cccc(OC)c1)S(=O)(=O)c1ccc(C)cc1. The van der Waals surface area contributed by atoms with E-state index in [1.807, 2.05) is 32.9 Å². The number of amides is 2. The number of nitrogens with one attached hydrogen (secondary N) is 1. The quantitative estimate of drug-likeness (QED) is 0.250. The van der Waals surface area contributed by atoms with Gasteiger partial charge in [0.05, 0.1) is 24.8 Å². The van der Waals surface area contributed by atoms with E-state index in [2.05, 4.69) is 5.32 Å². The molecule has 9 nitrogen and oxygen atoms in total. The standard InChI is InChI=1S/C32H41N3O6S/c1-6-8-19-33-32(37)30(7-2)34(22-25-11-9-13-27(20-25)40-4)31(36)23-35(26-12-10-14-28(21-26)41-5)42(38,39)29-17-15-24(3)16-18-29/h9-18,20-21,30H,6-8,19,22-23H2,1-5H3,(H,33,37). The number of hydrogen-bond donors (Lipinski definition) is 1. The summed E-state index contributed by atoms with van der Waals surface area (Å²) in [5, 5.41) is 2.93. The van der Waals surface area contributed by atoms with Crippen LogP contribution in [-0.4, -0.2) is 58.5 Å². The highest BCUT2D eigenvalue weighted by molar-refractivity contribution is 7.92. The van der Waals surface area contributed by atoms with Gasteiger partial charge < -0.3 is 19.7 Å². The monoisotopic (exact) mass is 595 g/mol. The average Bonchev–Trinajstić information content (AvgIpc) is 3.00. The Hall–Kier alpha value is -4.05. The maximum atomic E-state index is 14.2. The van der Waals surface area contributed by atoms with E-state index in [9.17, 15) is 18.0 Å². The fourth-order valence-corrected chi connectivity index (χ4v) is 5.93. The zero-order valence-electron chi connectivity index (χ0n) is 25.0. The van der Waals surface area contributed by atoms with Gasteiger partial charge in [0.25, 0.3) is 10.0 Å². The molecule has 0 saturated heterocycles. The van der Waals surface area contributed by atoms with Crippen molar-refractivity contribution in [1.29, 1.82) is 0 Å². The molecule has 0 saturated carbocycles. The predicted molar refractivity (Wildman–Crippen MR) is 164 cm³/mol. The molecule has 2 amide bonds. The van der Waals surface area contributed by atoms with Crippen molar-refractivity contribution in [3.63, 3.8) is 0 Å². The number of aryl methyl sites for hydroxylation is 1. The molecule has 0 bridgehead atoms. The lowest BCUT2D eigenvalue weighted by atomic mass is 10.1. The second-order valence-corrected chi connectivity index (χ2v) is 11.8. The summed E-state index contributed by atoms with van der Waals surface area (Å²) in [5.74, 6) is 0.254. The normalized spacial score (nSPS) is 11.8. The molecule has 1 N–H and O–H groups in total. The molecule has 0 aliphatic heterocycles. The number of anilines is 1. The van der Waals surface area contributed by atoms with Crippen molar-refractivity contribution in [2.24, 2.45) is 0 Å². The molecule has 10 heteroatoms. The van der Waals surface area contributed by atoms with E-state index in [1.54, 1.807) is 55.6 Å². The number of rotatable bonds is 15. The van der Waals surface area contributed by atoms with Crippen LogP contribution in [0.3, 0.4) is 0 Å². The van der Waals surface area contributed by atoms with Gasteiger partial charge in [-0.1, -0.05) is 56.2 Å². The molecule has 1 atom stereocenters. The number of hydrogen-bond acceptors (Lipinski definition) is 6. The highest BCUT2D eigenvalue weighted by atomic mass is 32.2. The number of unbranched alkanes of at least 4 members (excludes halogenated alkanes) is 1. The minimum Gasteiger partial charge on any atom is -0.497 e. The lowest BCUT2D eigenvalue weighted by Gasteiger charge is -2.33. The van der Waals surface area contributed by atoms with E-state index < -0.39 is 28.5 Å². The second-order valence-electron chi connectivity index (χ2n) is 9.97. The molecular formula is C32H41N3O6S. The summed E-state index contributed by atoms with van der Waals surface area (Å²) in [6, 6.07) is 19.4. The molecule has 0 radical (unpaired) electrons. The largest absolute Gasteiger partial charge is 0.497 e. The number of benzene rings is 3. The summed E-state index contributed by atoms with van der Waals surface area (Å²) in [6.45, 7) is 5.79. The Morgan fingerprint density at radius 1 is 0.905 bits per heavy atom. The van der Waals surface area contributed by atoms with Crippen LogP contribution in [0.15, 0.2) is 77.7 Å². The molecule has 0 spiro atoms. The predicted octanol–water partition coefficient (Wildman–Crippen LogP) is 4.93. The van der Waals surface area contributed by atoms with Crippen LogP contribution >= 0.6 is 0 Å². The number of methoxy groups -OCH3 is 2. The topological polar surface area (TPSA) is 105 Å². The van der Waals surface area contributed by atoms with Gasteiger partial charge in [0.1, 0.15) is 24.1 Å². The Morgan fingerprint density at radius 3 is 2.17 bits per heavy atom. The van der Waals surface area contributed by atoms with Gasteiger partial charge in [-0.15, -0.1) is 0 Å². The summed E-state index contributed by atoms with van der Waals surface area (Å²) in [5.41, 5.74) is 1.92. The highest BCUT2D eigenvalue weighted by Crippen LogP contribution is 2.28. The fraction of sp³-hybridized carbons (Fsp3) is 0.375. The van der Waals surface area contributed by atoms with Crippen molar-refractivity contribution in [1.82, 2.24) is 10.2 Å². The zero-order valence-corrected chi connectivity index (χ0v) is 25.8. The van der Waals surface area contributed by atoms with Crippen LogP contribution in [0.4, 0.5) is 5.69 Å². The van der Waals surface area contributed by atoms with Crippen molar-refractivity contribution in [2.75, 3.05) is 31.6 Å². The van der Waals surface area contributed by atoms with Crippen LogP contribution in [0.25, 0.3) is 0 Å². The minimum atomic E-state index is -4.17. The Morgan fingerprint density at radius 2 is 1.55 bits per heavy atom. The Bertz CT molecular complexity index is 1440. The van der Waals surface area contributed by atoms with Crippen molar-refractivity contribution in [2.45, 2.75) is 57.5 Å². The van der Waals surface area contributed by atoms with Gasteiger partial charge in [-0.3, -0.25) is 13.9 Å². The van der Waals surface area contributed by atoms with Crippen LogP contribution in [0.5, 0.6) is 11.5 Å². The zero-order chi connectivity index (χ0) is 30.7. The third kappa shape index (κ3) is 8.25. The Balaban J connectivity index is 2.06. The van der Waals surface area contributed by atoms with Crippen molar-refractivity contribution >= 4 is 27.5 Å². The lowest BCUT2D eigenvalue weighted by Crippen LogP contribution is -2.52. The first-order valence-corrected chi connectivity index (χ1v) is 15.5. The van der Waals surface area contributed by atoms with Gasteiger partial charge in [0.15, 0.2) is 0 Å². The number of ether oxygens (including phenoxy) is 2. The average molecular weight is 596 g/mol. The third-order valence-corrected chi connectivity index (χ3v) is 8.72. The van der Waals surface area contributed by atoms with Crippen LogP contribution < -0.4 is 19.1 Å². The first-order valence-electron chi connectivity index (χ1n) is 14.1. The molecule has 0 heterocycles. The molecule has 3 aromatic rings. The molecule has 226 valence electrons. The molecular weight excluding hydrogens is 554 g/mol. The van der Waals surface area contributed by atoms with E-state index in [1.165, 1.54) is 24.1 Å². The molecule has 0 fully saturated rings. The summed E-state index contributed by atoms with van der Waals surface area (Å²) in [6.07, 6.45) is 2.07. The van der Waals surface area contributed by atoms with Crippen LogP contribution in [-0.2, 0) is 26.2 Å². The molecule has 3 aromatic carbocycles. The van der Waals surface area contributed by atoms with Gasteiger partial charge in [-0.05, 0) is 61.7 Å². The summed E-state index contributed by atoms with van der Waals surface area (Å²) < 4.78 is 39.8. The lowest BCUT2D eigenvalue weighted by molar-refractivity contribution is -0.140. The summed E-state index contributed by atoms with van der Waals surface area (Å²) >= 11 is 0. The second kappa shape index (κ2) is 15.3. The molecule has 3 rings (SSSR count). The first-order chi connectivity index (χ1) is 20.1. The fourth-order valence-electron chi connectivity index (χ4n) is 4.52. The van der Waals surface area contributed by atoms with E-state index in [-0.39, 0.29) is 23.0 Å². The van der Waals surface area contributed by atoms with Gasteiger partial charge in [0, 0.05) is 19.2 Å². The molecule has 1 unspecified atom stereocenters. The minimum absolute atomic E-state index is 0.0485. The van der Waals surface area contributed by atoms with E-state index in [0.29, 0.717) is 24.5 Å². The van der Waals surface area contributed by atoms with E-state index >= 15 is 0 Å². The third-order valence-electron chi connectivity index (χ3n) is 6.93. The van der Waals surface area contributed by atoms with Crippen LogP contribution in [0, 0.1) is 6.92 Å². The van der Waals surface area contributed by atoms with Crippen molar-refractivity contribution in [3.8, 4) is 11.5 Å². The van der Waals surface area contributed by atoms with Crippen LogP contribution in [0.1, 0.15) is 44.2 Å². The number of carbonyl (C=O) groups is 2. The van der Waals surface area contributed by atoms with Crippen LogP contribution in [0.2, 0.25) is 0 Å². The summed E-state index contributed by atoms with van der Waals surface area (Å²) in [4.78, 5) is 29.0. The van der Waals surface area contributed by atoms with E-state index in [4.69, 9.17) is 9.47 Å². The van der Waals surface area contributed by atoms with Crippen molar-refractivity contribution < 1.29 is 27.5 Å². The van der Waals surface area contributed by atoms with E-state index in [0.717, 1.165) is 28.3 Å². The smallest absolute Gasteiger partial charge is 0.264 e. The highest BCUT2D eigenvalue weighted by Gasteiger charge is 2.33. The number of nitrogens with zero attached hydrogens (tertiary/aromatic N) is 2. The maximum absolute atomic E-state index is 14.2. The Labute approximate surface area is 249 Å². The maximum Gasteiger partial charge on any atom is 0.264 e. The molecule has 0 aliphatic carbocycles. The number of sulfonamides is 1. The van der Waals surface area contributed by atoms with Gasteiger partial charge in [-0.25, -0.2) is 8.42 Å².